The highest BCUT2D eigenvalue weighted by atomic mass is 32.2. The lowest BCUT2D eigenvalue weighted by Gasteiger charge is -2.15. The number of carbonyl (C=O) groups is 1. The molecule has 1 amide bonds. The van der Waals surface area contributed by atoms with Crippen LogP contribution in [0.15, 0.2) is 23.1 Å². The first kappa shape index (κ1) is 15.9. The first-order chi connectivity index (χ1) is 9.88. The molecule has 0 bridgehead atoms. The van der Waals surface area contributed by atoms with Crippen molar-refractivity contribution in [1.29, 1.82) is 0 Å². The van der Waals surface area contributed by atoms with E-state index in [1.165, 1.54) is 0 Å². The quantitative estimate of drug-likeness (QED) is 0.839. The fourth-order valence-corrected chi connectivity index (χ4v) is 3.30. The number of hydrogen-bond donors (Lipinski definition) is 2. The van der Waals surface area contributed by atoms with E-state index in [1.54, 1.807) is 0 Å². The van der Waals surface area contributed by atoms with Crippen molar-refractivity contribution in [2.24, 2.45) is 11.1 Å². The van der Waals surface area contributed by atoms with Gasteiger partial charge >= 0.3 is 0 Å². The Labute approximate surface area is 123 Å². The van der Waals surface area contributed by atoms with Crippen LogP contribution in [0.2, 0.25) is 0 Å². The van der Waals surface area contributed by atoms with Crippen molar-refractivity contribution >= 4 is 21.6 Å². The molecule has 5 nitrogen and oxygen atoms in total. The van der Waals surface area contributed by atoms with Crippen molar-refractivity contribution in [2.75, 3.05) is 5.32 Å². The van der Waals surface area contributed by atoms with Crippen LogP contribution in [0.5, 0.6) is 0 Å². The second-order valence-electron chi connectivity index (χ2n) is 5.36. The van der Waals surface area contributed by atoms with Crippen molar-refractivity contribution in [3.63, 3.8) is 0 Å². The highest BCUT2D eigenvalue weighted by Gasteiger charge is 2.23. The van der Waals surface area contributed by atoms with Gasteiger partial charge in [0.2, 0.25) is 15.9 Å². The monoisotopic (exact) mass is 314 g/mol. The standard InChI is InChI=1S/C14H19FN2O3S/c15-11-7-8-13(21(16,19)20)12(9-11)17-14(18)10-5-3-1-2-4-6-10/h7-10H,1-6H2,(H,17,18)(H2,16,19,20). The van der Waals surface area contributed by atoms with Crippen LogP contribution in [0.3, 0.4) is 0 Å². The maximum Gasteiger partial charge on any atom is 0.240 e. The Hall–Kier alpha value is -1.47. The molecular formula is C14H19FN2O3S. The predicted molar refractivity (Wildman–Crippen MR) is 77.6 cm³/mol. The smallest absolute Gasteiger partial charge is 0.240 e. The molecule has 1 aliphatic carbocycles. The molecule has 1 fully saturated rings. The number of nitrogens with two attached hydrogens (primary N) is 1. The highest BCUT2D eigenvalue weighted by molar-refractivity contribution is 7.89. The molecule has 3 N–H and O–H groups in total. The topological polar surface area (TPSA) is 89.3 Å². The van der Waals surface area contributed by atoms with Crippen LogP contribution in [0.25, 0.3) is 0 Å². The van der Waals surface area contributed by atoms with Gasteiger partial charge < -0.3 is 5.32 Å². The Morgan fingerprint density at radius 2 is 1.81 bits per heavy atom. The van der Waals surface area contributed by atoms with Gasteiger partial charge in [0.15, 0.2) is 0 Å². The minimum atomic E-state index is -4.02. The van der Waals surface area contributed by atoms with Crippen LogP contribution < -0.4 is 10.5 Å². The van der Waals surface area contributed by atoms with Crippen molar-refractivity contribution < 1.29 is 17.6 Å². The molecule has 0 aromatic heterocycles. The van der Waals surface area contributed by atoms with Crippen LogP contribution in [0, 0.1) is 11.7 Å². The third-order valence-electron chi connectivity index (χ3n) is 3.73. The zero-order chi connectivity index (χ0) is 15.5. The molecule has 0 atom stereocenters. The number of halogens is 1. The van der Waals surface area contributed by atoms with E-state index in [2.05, 4.69) is 5.32 Å². The first-order valence-corrected chi connectivity index (χ1v) is 8.56. The summed E-state index contributed by atoms with van der Waals surface area (Å²) < 4.78 is 36.3. The number of rotatable bonds is 3. The molecule has 1 saturated carbocycles. The van der Waals surface area contributed by atoms with E-state index in [1.807, 2.05) is 0 Å². The summed E-state index contributed by atoms with van der Waals surface area (Å²) in [6, 6.07) is 3.04. The number of carbonyl (C=O) groups excluding carboxylic acids is 1. The fourth-order valence-electron chi connectivity index (χ4n) is 2.62. The Kier molecular flexibility index (Phi) is 4.95. The van der Waals surface area contributed by atoms with Crippen molar-refractivity contribution in [3.05, 3.63) is 24.0 Å². The number of primary sulfonamides is 1. The van der Waals surface area contributed by atoms with Crippen molar-refractivity contribution in [1.82, 2.24) is 0 Å². The summed E-state index contributed by atoms with van der Waals surface area (Å²) in [4.78, 5) is 12.0. The minimum Gasteiger partial charge on any atom is -0.325 e. The Morgan fingerprint density at radius 1 is 1.19 bits per heavy atom. The molecule has 21 heavy (non-hydrogen) atoms. The van der Waals surface area contributed by atoms with Gasteiger partial charge in [-0.3, -0.25) is 4.79 Å². The molecule has 0 spiro atoms. The summed E-state index contributed by atoms with van der Waals surface area (Å²) >= 11 is 0. The summed E-state index contributed by atoms with van der Waals surface area (Å²) in [6.07, 6.45) is 5.70. The Morgan fingerprint density at radius 3 is 2.38 bits per heavy atom. The fraction of sp³-hybridized carbons (Fsp3) is 0.500. The van der Waals surface area contributed by atoms with E-state index in [4.69, 9.17) is 5.14 Å². The summed E-state index contributed by atoms with van der Waals surface area (Å²) in [5.74, 6) is -1.06. The van der Waals surface area contributed by atoms with Gasteiger partial charge in [0.1, 0.15) is 10.7 Å². The SMILES string of the molecule is NS(=O)(=O)c1ccc(F)cc1NC(=O)C1CCCCCC1. The van der Waals surface area contributed by atoms with E-state index in [9.17, 15) is 17.6 Å². The lowest BCUT2D eigenvalue weighted by Crippen LogP contribution is -2.24. The van der Waals surface area contributed by atoms with Gasteiger partial charge in [0, 0.05) is 5.92 Å². The molecular weight excluding hydrogens is 295 g/mol. The van der Waals surface area contributed by atoms with Crippen molar-refractivity contribution in [2.45, 2.75) is 43.4 Å². The van der Waals surface area contributed by atoms with Gasteiger partial charge in [0.05, 0.1) is 5.69 Å². The van der Waals surface area contributed by atoms with Gasteiger partial charge in [-0.05, 0) is 31.0 Å². The van der Waals surface area contributed by atoms with Crippen LogP contribution in [0.1, 0.15) is 38.5 Å². The molecule has 116 valence electrons. The summed E-state index contributed by atoms with van der Waals surface area (Å²) in [7, 11) is -4.02. The maximum absolute atomic E-state index is 13.3. The van der Waals surface area contributed by atoms with E-state index < -0.39 is 15.8 Å². The average Bonchev–Trinajstić information content (AvgIpc) is 2.66. The summed E-state index contributed by atoms with van der Waals surface area (Å²) in [5.41, 5.74) is -0.0910. The second kappa shape index (κ2) is 6.53. The molecule has 1 aliphatic rings. The van der Waals surface area contributed by atoms with E-state index in [-0.39, 0.29) is 22.4 Å². The molecule has 0 aliphatic heterocycles. The summed E-state index contributed by atoms with van der Waals surface area (Å²) in [6.45, 7) is 0. The predicted octanol–water partition coefficient (Wildman–Crippen LogP) is 2.38. The zero-order valence-corrected chi connectivity index (χ0v) is 12.5. The second-order valence-corrected chi connectivity index (χ2v) is 6.89. The van der Waals surface area contributed by atoms with Crippen LogP contribution in [-0.2, 0) is 14.8 Å². The van der Waals surface area contributed by atoms with E-state index >= 15 is 0 Å². The third-order valence-corrected chi connectivity index (χ3v) is 4.70. The Bertz CT molecular complexity index is 623. The van der Waals surface area contributed by atoms with Crippen molar-refractivity contribution in [3.8, 4) is 0 Å². The van der Waals surface area contributed by atoms with E-state index in [0.29, 0.717) is 0 Å². The lowest BCUT2D eigenvalue weighted by atomic mass is 9.99. The molecule has 0 unspecified atom stereocenters. The molecule has 0 radical (unpaired) electrons. The number of sulfonamides is 1. The Balaban J connectivity index is 2.22. The van der Waals surface area contributed by atoms with Crippen LogP contribution >= 0.6 is 0 Å². The van der Waals surface area contributed by atoms with Gasteiger partial charge in [-0.25, -0.2) is 17.9 Å². The number of nitrogens with one attached hydrogen (secondary N) is 1. The molecule has 1 aromatic rings. The third kappa shape index (κ3) is 4.25. The van der Waals surface area contributed by atoms with Gasteiger partial charge in [-0.2, -0.15) is 0 Å². The number of benzene rings is 1. The molecule has 0 heterocycles. The van der Waals surface area contributed by atoms with Crippen LogP contribution in [-0.4, -0.2) is 14.3 Å². The molecule has 2 rings (SSSR count). The average molecular weight is 314 g/mol. The van der Waals surface area contributed by atoms with Gasteiger partial charge in [-0.1, -0.05) is 25.7 Å². The number of hydrogen-bond acceptors (Lipinski definition) is 3. The largest absolute Gasteiger partial charge is 0.325 e. The summed E-state index contributed by atoms with van der Waals surface area (Å²) in [5, 5.41) is 7.60. The molecule has 7 heteroatoms. The normalized spacial score (nSPS) is 17.2. The van der Waals surface area contributed by atoms with Gasteiger partial charge in [0.25, 0.3) is 0 Å². The zero-order valence-electron chi connectivity index (χ0n) is 11.6. The first-order valence-electron chi connectivity index (χ1n) is 7.01. The highest BCUT2D eigenvalue weighted by Crippen LogP contribution is 2.26. The minimum absolute atomic E-state index is 0.0910. The lowest BCUT2D eigenvalue weighted by molar-refractivity contribution is -0.120. The number of amides is 1. The molecule has 1 aromatic carbocycles. The molecule has 0 saturated heterocycles. The number of anilines is 1. The maximum atomic E-state index is 13.3. The van der Waals surface area contributed by atoms with Gasteiger partial charge in [-0.15, -0.1) is 0 Å². The van der Waals surface area contributed by atoms with Crippen LogP contribution in [0.4, 0.5) is 10.1 Å². The van der Waals surface area contributed by atoms with E-state index in [0.717, 1.165) is 56.7 Å².